The van der Waals surface area contributed by atoms with Crippen molar-refractivity contribution in [1.29, 1.82) is 0 Å². The second-order valence-electron chi connectivity index (χ2n) is 5.39. The highest BCUT2D eigenvalue weighted by Crippen LogP contribution is 2.20. The van der Waals surface area contributed by atoms with Gasteiger partial charge in [-0.1, -0.05) is 18.2 Å². The Morgan fingerprint density at radius 3 is 2.60 bits per heavy atom. The van der Waals surface area contributed by atoms with Crippen LogP contribution in [0.2, 0.25) is 0 Å². The molecular weight excluding hydrogens is 258 g/mol. The van der Waals surface area contributed by atoms with Gasteiger partial charge in [0.05, 0.1) is 12.5 Å². The molecule has 1 aliphatic heterocycles. The minimum atomic E-state index is -1.06. The molecule has 1 aromatic rings. The second kappa shape index (κ2) is 5.63. The monoisotopic (exact) mass is 277 g/mol. The van der Waals surface area contributed by atoms with E-state index in [1.807, 2.05) is 32.0 Å². The lowest BCUT2D eigenvalue weighted by Crippen LogP contribution is -2.41. The molecule has 5 nitrogen and oxygen atoms in total. The van der Waals surface area contributed by atoms with E-state index in [1.54, 1.807) is 0 Å². The molecule has 1 saturated heterocycles. The van der Waals surface area contributed by atoms with E-state index in [9.17, 15) is 14.7 Å². The fraction of sp³-hybridized carbons (Fsp3) is 0.467. The van der Waals surface area contributed by atoms with Crippen LogP contribution in [0.4, 0.5) is 0 Å². The Balaban J connectivity index is 2.11. The third-order valence-electron chi connectivity index (χ3n) is 3.81. The van der Waals surface area contributed by atoms with Gasteiger partial charge in [0.25, 0.3) is 0 Å². The molecule has 0 spiro atoms. The highest BCUT2D eigenvalue weighted by molar-refractivity contribution is 5.85. The predicted molar refractivity (Wildman–Crippen MR) is 73.4 cm³/mol. The zero-order chi connectivity index (χ0) is 14.9. The molecule has 1 heterocycles. The van der Waals surface area contributed by atoms with E-state index < -0.39 is 18.1 Å². The van der Waals surface area contributed by atoms with Gasteiger partial charge in [0.15, 0.2) is 0 Å². The van der Waals surface area contributed by atoms with Gasteiger partial charge in [-0.2, -0.15) is 0 Å². The summed E-state index contributed by atoms with van der Waals surface area (Å²) in [5.74, 6) is -1.31. The van der Waals surface area contributed by atoms with E-state index in [-0.39, 0.29) is 25.3 Å². The van der Waals surface area contributed by atoms with E-state index in [2.05, 4.69) is 0 Å². The molecule has 2 rings (SSSR count). The van der Waals surface area contributed by atoms with Crippen molar-refractivity contribution >= 4 is 11.9 Å². The van der Waals surface area contributed by atoms with Gasteiger partial charge in [0.1, 0.15) is 6.04 Å². The summed E-state index contributed by atoms with van der Waals surface area (Å²) in [5.41, 5.74) is 3.12. The molecule has 1 amide bonds. The van der Waals surface area contributed by atoms with Crippen LogP contribution in [0.5, 0.6) is 0 Å². The third kappa shape index (κ3) is 2.99. The lowest BCUT2D eigenvalue weighted by Gasteiger charge is -2.21. The minimum Gasteiger partial charge on any atom is -0.480 e. The van der Waals surface area contributed by atoms with Crippen LogP contribution >= 0.6 is 0 Å². The van der Waals surface area contributed by atoms with E-state index >= 15 is 0 Å². The number of aliphatic carboxylic acids is 1. The lowest BCUT2D eigenvalue weighted by atomic mass is 10.0. The van der Waals surface area contributed by atoms with Crippen LogP contribution in [-0.2, 0) is 16.0 Å². The van der Waals surface area contributed by atoms with Crippen LogP contribution in [0.15, 0.2) is 18.2 Å². The molecule has 0 aliphatic carbocycles. The first-order chi connectivity index (χ1) is 9.38. The molecule has 0 radical (unpaired) electrons. The van der Waals surface area contributed by atoms with Gasteiger partial charge < -0.3 is 15.1 Å². The van der Waals surface area contributed by atoms with Gasteiger partial charge in [-0.05, 0) is 30.5 Å². The highest BCUT2D eigenvalue weighted by Gasteiger charge is 2.38. The fourth-order valence-corrected chi connectivity index (χ4v) is 2.51. The molecule has 20 heavy (non-hydrogen) atoms. The number of β-amino-alcohol motifs (C(OH)–C–C–N with tert-alkyl or cyclic N) is 1. The normalized spacial score (nSPS) is 22.1. The highest BCUT2D eigenvalue weighted by atomic mass is 16.4. The lowest BCUT2D eigenvalue weighted by molar-refractivity contribution is -0.148. The first kappa shape index (κ1) is 14.5. The van der Waals surface area contributed by atoms with Crippen molar-refractivity contribution < 1.29 is 19.8 Å². The van der Waals surface area contributed by atoms with Crippen molar-refractivity contribution in [2.45, 2.75) is 38.8 Å². The number of rotatable bonds is 3. The van der Waals surface area contributed by atoms with Crippen LogP contribution in [0.1, 0.15) is 23.1 Å². The summed E-state index contributed by atoms with van der Waals surface area (Å²) in [6.07, 6.45) is -0.481. The van der Waals surface area contributed by atoms with Gasteiger partial charge in [-0.3, -0.25) is 4.79 Å². The number of amides is 1. The van der Waals surface area contributed by atoms with E-state index in [0.29, 0.717) is 0 Å². The van der Waals surface area contributed by atoms with Crippen LogP contribution < -0.4 is 0 Å². The molecule has 1 fully saturated rings. The molecular formula is C15H19NO4. The van der Waals surface area contributed by atoms with Gasteiger partial charge in [0, 0.05) is 13.0 Å². The SMILES string of the molecule is Cc1ccc(CC(=O)N2CC(O)CC2C(=O)O)cc1C. The number of hydrogen-bond donors (Lipinski definition) is 2. The van der Waals surface area contributed by atoms with Crippen molar-refractivity contribution in [3.63, 3.8) is 0 Å². The number of carboxylic acids is 1. The van der Waals surface area contributed by atoms with E-state index in [1.165, 1.54) is 4.90 Å². The van der Waals surface area contributed by atoms with Crippen LogP contribution in [0.25, 0.3) is 0 Å². The number of carbonyl (C=O) groups excluding carboxylic acids is 1. The number of aliphatic hydroxyl groups excluding tert-OH is 1. The number of hydrogen-bond acceptors (Lipinski definition) is 3. The summed E-state index contributed by atoms with van der Waals surface area (Å²) in [6, 6.07) is 4.85. The Morgan fingerprint density at radius 2 is 2.00 bits per heavy atom. The fourth-order valence-electron chi connectivity index (χ4n) is 2.51. The van der Waals surface area contributed by atoms with Gasteiger partial charge in [-0.15, -0.1) is 0 Å². The Morgan fingerprint density at radius 1 is 1.30 bits per heavy atom. The molecule has 0 bridgehead atoms. The predicted octanol–water partition coefficient (Wildman–Crippen LogP) is 0.892. The molecule has 108 valence electrons. The van der Waals surface area contributed by atoms with E-state index in [4.69, 9.17) is 5.11 Å². The summed E-state index contributed by atoms with van der Waals surface area (Å²) in [4.78, 5) is 24.6. The number of carbonyl (C=O) groups is 2. The summed E-state index contributed by atoms with van der Waals surface area (Å²) < 4.78 is 0. The average Bonchev–Trinajstić information content (AvgIpc) is 2.76. The number of aryl methyl sites for hydroxylation is 2. The number of benzene rings is 1. The van der Waals surface area contributed by atoms with Crippen LogP contribution in [-0.4, -0.2) is 45.7 Å². The van der Waals surface area contributed by atoms with Gasteiger partial charge in [-0.25, -0.2) is 4.79 Å². The first-order valence-corrected chi connectivity index (χ1v) is 6.65. The largest absolute Gasteiger partial charge is 0.480 e. The number of likely N-dealkylation sites (tertiary alicyclic amines) is 1. The van der Waals surface area contributed by atoms with Crippen molar-refractivity contribution in [3.05, 3.63) is 34.9 Å². The van der Waals surface area contributed by atoms with E-state index in [0.717, 1.165) is 16.7 Å². The average molecular weight is 277 g/mol. The topological polar surface area (TPSA) is 77.8 Å². The van der Waals surface area contributed by atoms with Crippen molar-refractivity contribution in [1.82, 2.24) is 4.90 Å². The zero-order valence-corrected chi connectivity index (χ0v) is 11.7. The molecule has 2 unspecified atom stereocenters. The number of nitrogens with zero attached hydrogens (tertiary/aromatic N) is 1. The van der Waals surface area contributed by atoms with Crippen molar-refractivity contribution in [2.24, 2.45) is 0 Å². The third-order valence-corrected chi connectivity index (χ3v) is 3.81. The minimum absolute atomic E-state index is 0.0979. The van der Waals surface area contributed by atoms with Crippen LogP contribution in [0, 0.1) is 13.8 Å². The Bertz CT molecular complexity index is 541. The molecule has 0 saturated carbocycles. The molecule has 2 N–H and O–H groups in total. The smallest absolute Gasteiger partial charge is 0.326 e. The zero-order valence-electron chi connectivity index (χ0n) is 11.7. The maximum absolute atomic E-state index is 12.2. The number of carboxylic acid groups (broad SMARTS) is 1. The molecule has 0 aromatic heterocycles. The van der Waals surface area contributed by atoms with Gasteiger partial charge in [0.2, 0.25) is 5.91 Å². The first-order valence-electron chi connectivity index (χ1n) is 6.65. The Hall–Kier alpha value is -1.88. The second-order valence-corrected chi connectivity index (χ2v) is 5.39. The maximum atomic E-state index is 12.2. The summed E-state index contributed by atoms with van der Waals surface area (Å²) in [7, 11) is 0. The summed E-state index contributed by atoms with van der Waals surface area (Å²) in [6.45, 7) is 4.07. The Kier molecular flexibility index (Phi) is 4.09. The van der Waals surface area contributed by atoms with Crippen molar-refractivity contribution in [2.75, 3.05) is 6.54 Å². The molecule has 2 atom stereocenters. The molecule has 1 aliphatic rings. The Labute approximate surface area is 117 Å². The summed E-state index contributed by atoms with van der Waals surface area (Å²) in [5, 5.41) is 18.6. The standard InChI is InChI=1S/C15H19NO4/c1-9-3-4-11(5-10(9)2)6-14(18)16-8-12(17)7-13(16)15(19)20/h3-5,12-13,17H,6-8H2,1-2H3,(H,19,20). The number of aliphatic hydroxyl groups is 1. The van der Waals surface area contributed by atoms with Crippen molar-refractivity contribution in [3.8, 4) is 0 Å². The molecule has 5 heteroatoms. The molecule has 1 aromatic carbocycles. The summed E-state index contributed by atoms with van der Waals surface area (Å²) >= 11 is 0. The van der Waals surface area contributed by atoms with Gasteiger partial charge >= 0.3 is 5.97 Å². The van der Waals surface area contributed by atoms with Crippen LogP contribution in [0.3, 0.4) is 0 Å². The quantitative estimate of drug-likeness (QED) is 0.860. The maximum Gasteiger partial charge on any atom is 0.326 e.